The Balaban J connectivity index is 1.87. The van der Waals surface area contributed by atoms with Crippen LogP contribution >= 0.6 is 11.8 Å². The number of non-ortho nitro benzene ring substituents is 1. The van der Waals surface area contributed by atoms with E-state index in [-0.39, 0.29) is 5.69 Å². The zero-order chi connectivity index (χ0) is 15.5. The maximum atomic E-state index is 10.7. The van der Waals surface area contributed by atoms with Crippen LogP contribution < -0.4 is 0 Å². The van der Waals surface area contributed by atoms with Gasteiger partial charge in [-0.25, -0.2) is 0 Å². The van der Waals surface area contributed by atoms with Gasteiger partial charge in [-0.1, -0.05) is 17.8 Å². The van der Waals surface area contributed by atoms with Crippen molar-refractivity contribution in [3.8, 4) is 11.4 Å². The van der Waals surface area contributed by atoms with Crippen molar-refractivity contribution in [3.63, 3.8) is 0 Å². The van der Waals surface area contributed by atoms with Crippen LogP contribution in [0.25, 0.3) is 11.4 Å². The molecule has 114 valence electrons. The molecule has 3 rings (SSSR count). The summed E-state index contributed by atoms with van der Waals surface area (Å²) in [7, 11) is 0. The number of allylic oxidation sites excluding steroid dienone is 1. The van der Waals surface area contributed by atoms with Gasteiger partial charge in [0, 0.05) is 30.0 Å². The number of nitrogens with zero attached hydrogens (tertiary/aromatic N) is 4. The lowest BCUT2D eigenvalue weighted by atomic mass is 10.2. The number of epoxide rings is 1. The van der Waals surface area contributed by atoms with Gasteiger partial charge >= 0.3 is 0 Å². The number of aromatic nitrogens is 3. The molecule has 0 spiro atoms. The van der Waals surface area contributed by atoms with E-state index in [4.69, 9.17) is 4.74 Å². The van der Waals surface area contributed by atoms with Crippen LogP contribution in [0.5, 0.6) is 0 Å². The second-order valence-electron chi connectivity index (χ2n) is 4.78. The summed E-state index contributed by atoms with van der Waals surface area (Å²) in [5, 5.41) is 19.9. The Morgan fingerprint density at radius 3 is 2.77 bits per heavy atom. The summed E-state index contributed by atoms with van der Waals surface area (Å²) >= 11 is 1.59. The fraction of sp³-hybridized carbons (Fsp3) is 0.286. The molecule has 1 aliphatic heterocycles. The smallest absolute Gasteiger partial charge is 0.269 e. The summed E-state index contributed by atoms with van der Waals surface area (Å²) in [6.45, 7) is 5.14. The molecule has 1 atom stereocenters. The summed E-state index contributed by atoms with van der Waals surface area (Å²) in [6.07, 6.45) is 2.08. The van der Waals surface area contributed by atoms with Crippen molar-refractivity contribution >= 4 is 17.4 Å². The molecule has 1 unspecified atom stereocenters. The topological polar surface area (TPSA) is 86.4 Å². The molecule has 0 saturated carbocycles. The normalized spacial score (nSPS) is 16.5. The number of benzene rings is 1. The minimum absolute atomic E-state index is 0.0546. The molecule has 22 heavy (non-hydrogen) atoms. The standard InChI is InChI=1S/C14H14N4O3S/c1-2-7-17-13(10-3-5-11(6-4-10)18(19)20)15-16-14(17)22-9-12-8-21-12/h2-6,12H,1,7-9H2. The molecule has 1 aromatic carbocycles. The van der Waals surface area contributed by atoms with Gasteiger partial charge in [0.2, 0.25) is 0 Å². The molecule has 2 heterocycles. The Morgan fingerprint density at radius 1 is 1.45 bits per heavy atom. The molecule has 2 aromatic rings. The third kappa shape index (κ3) is 3.18. The van der Waals surface area contributed by atoms with Gasteiger partial charge in [-0.2, -0.15) is 0 Å². The van der Waals surface area contributed by atoms with Crippen LogP contribution in [-0.4, -0.2) is 38.2 Å². The minimum Gasteiger partial charge on any atom is -0.372 e. The first-order valence-electron chi connectivity index (χ1n) is 6.72. The van der Waals surface area contributed by atoms with Crippen LogP contribution in [-0.2, 0) is 11.3 Å². The highest BCUT2D eigenvalue weighted by Gasteiger charge is 2.24. The average Bonchev–Trinajstić information content (AvgIpc) is 3.27. The second-order valence-corrected chi connectivity index (χ2v) is 5.76. The fourth-order valence-corrected chi connectivity index (χ4v) is 2.91. The number of hydrogen-bond acceptors (Lipinski definition) is 6. The lowest BCUT2D eigenvalue weighted by Crippen LogP contribution is -2.02. The van der Waals surface area contributed by atoms with Gasteiger partial charge in [0.05, 0.1) is 17.6 Å². The number of hydrogen-bond donors (Lipinski definition) is 0. The SMILES string of the molecule is C=CCn1c(SCC2CO2)nnc1-c1ccc([N+](=O)[O-])cc1. The monoisotopic (exact) mass is 318 g/mol. The molecule has 1 aromatic heterocycles. The number of nitro benzene ring substituents is 1. The molecule has 0 bridgehead atoms. The highest BCUT2D eigenvalue weighted by atomic mass is 32.2. The summed E-state index contributed by atoms with van der Waals surface area (Å²) in [5.74, 6) is 1.52. The first-order chi connectivity index (χ1) is 10.7. The molecule has 0 N–H and O–H groups in total. The first kappa shape index (κ1) is 14.7. The van der Waals surface area contributed by atoms with Crippen molar-refractivity contribution in [1.29, 1.82) is 0 Å². The van der Waals surface area contributed by atoms with Crippen molar-refractivity contribution in [2.75, 3.05) is 12.4 Å². The molecule has 0 radical (unpaired) electrons. The van der Waals surface area contributed by atoms with Crippen LogP contribution in [0.2, 0.25) is 0 Å². The van der Waals surface area contributed by atoms with Gasteiger partial charge in [0.25, 0.3) is 5.69 Å². The summed E-state index contributed by atoms with van der Waals surface area (Å²) < 4.78 is 7.14. The third-order valence-corrected chi connectivity index (χ3v) is 4.26. The van der Waals surface area contributed by atoms with E-state index >= 15 is 0 Å². The predicted molar refractivity (Wildman–Crippen MR) is 82.8 cm³/mol. The van der Waals surface area contributed by atoms with E-state index in [1.54, 1.807) is 30.0 Å². The summed E-state index contributed by atoms with van der Waals surface area (Å²) in [6, 6.07) is 6.29. The Kier molecular flexibility index (Phi) is 4.21. The molecular formula is C14H14N4O3S. The van der Waals surface area contributed by atoms with E-state index in [1.165, 1.54) is 12.1 Å². The van der Waals surface area contributed by atoms with Gasteiger partial charge in [-0.05, 0) is 12.1 Å². The second kappa shape index (κ2) is 6.29. The van der Waals surface area contributed by atoms with Crippen molar-refractivity contribution in [3.05, 3.63) is 47.0 Å². The molecule has 0 amide bonds. The number of rotatable bonds is 7. The van der Waals surface area contributed by atoms with E-state index in [2.05, 4.69) is 16.8 Å². The van der Waals surface area contributed by atoms with Crippen LogP contribution in [0.15, 0.2) is 42.1 Å². The highest BCUT2D eigenvalue weighted by Crippen LogP contribution is 2.27. The number of nitro groups is 1. The summed E-state index contributed by atoms with van der Waals surface area (Å²) in [4.78, 5) is 10.3. The number of ether oxygens (including phenoxy) is 1. The molecule has 0 aliphatic carbocycles. The van der Waals surface area contributed by atoms with Gasteiger partial charge in [-0.15, -0.1) is 16.8 Å². The van der Waals surface area contributed by atoms with Crippen LogP contribution in [0.3, 0.4) is 0 Å². The first-order valence-corrected chi connectivity index (χ1v) is 7.71. The molecular weight excluding hydrogens is 304 g/mol. The molecule has 1 fully saturated rings. The fourth-order valence-electron chi connectivity index (χ4n) is 1.97. The van der Waals surface area contributed by atoms with Gasteiger partial charge in [0.1, 0.15) is 0 Å². The van der Waals surface area contributed by atoms with E-state index in [0.29, 0.717) is 18.5 Å². The Hall–Kier alpha value is -2.19. The van der Waals surface area contributed by atoms with Crippen LogP contribution in [0, 0.1) is 10.1 Å². The van der Waals surface area contributed by atoms with Gasteiger partial charge < -0.3 is 4.74 Å². The Labute approximate surface area is 131 Å². The van der Waals surface area contributed by atoms with Crippen LogP contribution in [0.4, 0.5) is 5.69 Å². The highest BCUT2D eigenvalue weighted by molar-refractivity contribution is 7.99. The van der Waals surface area contributed by atoms with Gasteiger partial charge in [0.15, 0.2) is 11.0 Å². The number of thioether (sulfide) groups is 1. The third-order valence-electron chi connectivity index (χ3n) is 3.17. The lowest BCUT2D eigenvalue weighted by molar-refractivity contribution is -0.384. The van der Waals surface area contributed by atoms with E-state index < -0.39 is 4.92 Å². The zero-order valence-electron chi connectivity index (χ0n) is 11.7. The van der Waals surface area contributed by atoms with Crippen molar-refractivity contribution < 1.29 is 9.66 Å². The minimum atomic E-state index is -0.421. The molecule has 8 heteroatoms. The molecule has 7 nitrogen and oxygen atoms in total. The summed E-state index contributed by atoms with van der Waals surface area (Å²) in [5.41, 5.74) is 0.841. The maximum absolute atomic E-state index is 10.7. The largest absolute Gasteiger partial charge is 0.372 e. The Morgan fingerprint density at radius 2 is 2.18 bits per heavy atom. The van der Waals surface area contributed by atoms with Crippen LogP contribution in [0.1, 0.15) is 0 Å². The average molecular weight is 318 g/mol. The van der Waals surface area contributed by atoms with E-state index in [9.17, 15) is 10.1 Å². The van der Waals surface area contributed by atoms with E-state index in [1.807, 2.05) is 4.57 Å². The lowest BCUT2D eigenvalue weighted by Gasteiger charge is -2.07. The molecule has 1 aliphatic rings. The van der Waals surface area contributed by atoms with Crippen molar-refractivity contribution in [2.45, 2.75) is 17.8 Å². The quantitative estimate of drug-likeness (QED) is 0.256. The maximum Gasteiger partial charge on any atom is 0.269 e. The predicted octanol–water partition coefficient (Wildman–Crippen LogP) is 2.53. The van der Waals surface area contributed by atoms with Gasteiger partial charge in [-0.3, -0.25) is 14.7 Å². The zero-order valence-corrected chi connectivity index (χ0v) is 12.5. The van der Waals surface area contributed by atoms with Crippen molar-refractivity contribution in [2.24, 2.45) is 0 Å². The molecule has 1 saturated heterocycles. The van der Waals surface area contributed by atoms with Crippen molar-refractivity contribution in [1.82, 2.24) is 14.8 Å². The Bertz CT molecular complexity index is 695. The van der Waals surface area contributed by atoms with E-state index in [0.717, 1.165) is 23.1 Å².